The number of carbonyl (C=O) groups excluding carboxylic acids is 1. The van der Waals surface area contributed by atoms with E-state index in [1.807, 2.05) is 25.1 Å². The summed E-state index contributed by atoms with van der Waals surface area (Å²) in [6.45, 7) is 1.94. The molecule has 0 unspecified atom stereocenters. The molecule has 0 radical (unpaired) electrons. The summed E-state index contributed by atoms with van der Waals surface area (Å²) in [5, 5.41) is 1.23. The average molecular weight is 417 g/mol. The molecule has 3 aromatic rings. The van der Waals surface area contributed by atoms with Gasteiger partial charge in [0.25, 0.3) is 5.56 Å². The number of ether oxygens (including phenoxy) is 1. The number of nitrogens with zero attached hydrogens (tertiary/aromatic N) is 2. The molecule has 0 saturated heterocycles. The number of benzene rings is 1. The first-order valence-corrected chi connectivity index (χ1v) is 10.7. The molecule has 0 fully saturated rings. The molecule has 28 heavy (non-hydrogen) atoms. The van der Waals surface area contributed by atoms with Gasteiger partial charge in [-0.25, -0.2) is 9.78 Å². The number of esters is 1. The molecule has 0 bridgehead atoms. The van der Waals surface area contributed by atoms with Crippen LogP contribution in [0.2, 0.25) is 5.02 Å². The van der Waals surface area contributed by atoms with Crippen LogP contribution in [0.3, 0.4) is 0 Å². The molecule has 1 aliphatic rings. The number of rotatable bonds is 5. The van der Waals surface area contributed by atoms with Crippen molar-refractivity contribution in [1.29, 1.82) is 0 Å². The summed E-state index contributed by atoms with van der Waals surface area (Å²) >= 11 is 7.73. The van der Waals surface area contributed by atoms with E-state index in [0.717, 1.165) is 41.6 Å². The standard InChI is InChI=1S/C21H21ClN2O3S/c1-2-16(21(26)27-11-13-7-3-5-9-15(13)22)24-12-23-19-18(20(24)25)14-8-4-6-10-17(14)28-19/h3,5,7,9,12,16H,2,4,6,8,10-11H2,1H3/t16-/m0/s1. The molecule has 2 heterocycles. The Balaban J connectivity index is 1.63. The normalized spacial score (nSPS) is 14.6. The molecule has 4 rings (SSSR count). The fourth-order valence-corrected chi connectivity index (χ4v) is 5.13. The van der Waals surface area contributed by atoms with Gasteiger partial charge in [-0.2, -0.15) is 0 Å². The highest BCUT2D eigenvalue weighted by Gasteiger charge is 2.25. The maximum atomic E-state index is 13.2. The molecule has 5 nitrogen and oxygen atoms in total. The number of carbonyl (C=O) groups is 1. The third-order valence-corrected chi connectivity index (χ3v) is 6.79. The van der Waals surface area contributed by atoms with E-state index >= 15 is 0 Å². The molecule has 0 N–H and O–H groups in total. The minimum absolute atomic E-state index is 0.0767. The summed E-state index contributed by atoms with van der Waals surface area (Å²) in [4.78, 5) is 32.4. The first-order chi connectivity index (χ1) is 13.6. The molecule has 1 atom stereocenters. The fourth-order valence-electron chi connectivity index (χ4n) is 3.72. The third-order valence-electron chi connectivity index (χ3n) is 5.22. The highest BCUT2D eigenvalue weighted by atomic mass is 35.5. The van der Waals surface area contributed by atoms with Crippen LogP contribution in [0.5, 0.6) is 0 Å². The van der Waals surface area contributed by atoms with Gasteiger partial charge in [-0.1, -0.05) is 36.7 Å². The second-order valence-electron chi connectivity index (χ2n) is 6.97. The maximum Gasteiger partial charge on any atom is 0.329 e. The maximum absolute atomic E-state index is 13.2. The molecular formula is C21H21ClN2O3S. The Labute approximate surface area is 171 Å². The van der Waals surface area contributed by atoms with Gasteiger partial charge >= 0.3 is 5.97 Å². The molecule has 146 valence electrons. The van der Waals surface area contributed by atoms with Gasteiger partial charge in [0, 0.05) is 15.5 Å². The Morgan fingerprint density at radius 1 is 1.32 bits per heavy atom. The van der Waals surface area contributed by atoms with Gasteiger partial charge in [-0.3, -0.25) is 9.36 Å². The molecule has 0 saturated carbocycles. The largest absolute Gasteiger partial charge is 0.459 e. The fraction of sp³-hybridized carbons (Fsp3) is 0.381. The predicted octanol–water partition coefficient (Wildman–Crippen LogP) is 4.68. The van der Waals surface area contributed by atoms with Crippen molar-refractivity contribution in [2.75, 3.05) is 0 Å². The van der Waals surface area contributed by atoms with Gasteiger partial charge in [0.15, 0.2) is 0 Å². The highest BCUT2D eigenvalue weighted by Crippen LogP contribution is 2.33. The van der Waals surface area contributed by atoms with Crippen LogP contribution in [0.15, 0.2) is 35.4 Å². The quantitative estimate of drug-likeness (QED) is 0.566. The van der Waals surface area contributed by atoms with E-state index in [0.29, 0.717) is 16.8 Å². The Hall–Kier alpha value is -2.18. The van der Waals surface area contributed by atoms with Crippen LogP contribution in [0.1, 0.15) is 48.2 Å². The molecule has 0 amide bonds. The van der Waals surface area contributed by atoms with Gasteiger partial charge in [-0.05, 0) is 43.7 Å². The first kappa shape index (κ1) is 19.2. The van der Waals surface area contributed by atoms with Crippen LogP contribution in [-0.2, 0) is 29.0 Å². The molecule has 0 aliphatic heterocycles. The van der Waals surface area contributed by atoms with Crippen molar-refractivity contribution in [2.24, 2.45) is 0 Å². The zero-order chi connectivity index (χ0) is 19.7. The number of hydrogen-bond acceptors (Lipinski definition) is 5. The summed E-state index contributed by atoms with van der Waals surface area (Å²) in [5.41, 5.74) is 1.71. The molecule has 0 spiro atoms. The lowest BCUT2D eigenvalue weighted by Crippen LogP contribution is -2.31. The SMILES string of the molecule is CC[C@@H](C(=O)OCc1ccccc1Cl)n1cnc2sc3c(c2c1=O)CCCC3. The van der Waals surface area contributed by atoms with Crippen molar-refractivity contribution < 1.29 is 9.53 Å². The second kappa shape index (κ2) is 8.05. The minimum Gasteiger partial charge on any atom is -0.459 e. The van der Waals surface area contributed by atoms with Crippen molar-refractivity contribution in [3.8, 4) is 0 Å². The number of aromatic nitrogens is 2. The van der Waals surface area contributed by atoms with Gasteiger partial charge in [0.05, 0.1) is 11.7 Å². The first-order valence-electron chi connectivity index (χ1n) is 9.51. The molecule has 2 aromatic heterocycles. The van der Waals surface area contributed by atoms with Gasteiger partial charge in [0.2, 0.25) is 0 Å². The number of thiophene rings is 1. The Morgan fingerprint density at radius 3 is 2.89 bits per heavy atom. The highest BCUT2D eigenvalue weighted by molar-refractivity contribution is 7.18. The van der Waals surface area contributed by atoms with E-state index in [-0.39, 0.29) is 12.2 Å². The molecular weight excluding hydrogens is 396 g/mol. The monoisotopic (exact) mass is 416 g/mol. The van der Waals surface area contributed by atoms with Gasteiger partial charge in [0.1, 0.15) is 17.5 Å². The van der Waals surface area contributed by atoms with Crippen LogP contribution < -0.4 is 5.56 Å². The lowest BCUT2D eigenvalue weighted by Gasteiger charge is -2.17. The number of aryl methyl sites for hydroxylation is 2. The molecule has 1 aromatic carbocycles. The van der Waals surface area contributed by atoms with E-state index in [2.05, 4.69) is 4.98 Å². The van der Waals surface area contributed by atoms with Gasteiger partial charge < -0.3 is 4.74 Å². The summed E-state index contributed by atoms with van der Waals surface area (Å²) in [5.74, 6) is -0.449. The van der Waals surface area contributed by atoms with E-state index < -0.39 is 12.0 Å². The average Bonchev–Trinajstić information content (AvgIpc) is 3.09. The smallest absolute Gasteiger partial charge is 0.329 e. The Morgan fingerprint density at radius 2 is 2.11 bits per heavy atom. The number of halogens is 1. The van der Waals surface area contributed by atoms with Crippen LogP contribution in [0, 0.1) is 0 Å². The van der Waals surface area contributed by atoms with E-state index in [9.17, 15) is 9.59 Å². The van der Waals surface area contributed by atoms with Crippen LogP contribution in [0.25, 0.3) is 10.2 Å². The summed E-state index contributed by atoms with van der Waals surface area (Å²) in [6.07, 6.45) is 6.08. The van der Waals surface area contributed by atoms with Gasteiger partial charge in [-0.15, -0.1) is 11.3 Å². The van der Waals surface area contributed by atoms with Crippen LogP contribution in [0.4, 0.5) is 0 Å². The lowest BCUT2D eigenvalue weighted by atomic mass is 9.97. The summed E-state index contributed by atoms with van der Waals surface area (Å²) < 4.78 is 6.90. The van der Waals surface area contributed by atoms with E-state index in [1.54, 1.807) is 17.4 Å². The lowest BCUT2D eigenvalue weighted by molar-refractivity contribution is -0.149. The van der Waals surface area contributed by atoms with Crippen molar-refractivity contribution in [3.63, 3.8) is 0 Å². The summed E-state index contributed by atoms with van der Waals surface area (Å²) in [7, 11) is 0. The van der Waals surface area contributed by atoms with Crippen LogP contribution >= 0.6 is 22.9 Å². The molecule has 1 aliphatic carbocycles. The molecule has 7 heteroatoms. The minimum atomic E-state index is -0.703. The van der Waals surface area contributed by atoms with Crippen molar-refractivity contribution in [2.45, 2.75) is 51.7 Å². The van der Waals surface area contributed by atoms with E-state index in [4.69, 9.17) is 16.3 Å². The second-order valence-corrected chi connectivity index (χ2v) is 8.46. The van der Waals surface area contributed by atoms with Crippen molar-refractivity contribution in [3.05, 3.63) is 62.0 Å². The predicted molar refractivity (Wildman–Crippen MR) is 111 cm³/mol. The third kappa shape index (κ3) is 3.47. The zero-order valence-corrected chi connectivity index (χ0v) is 17.2. The van der Waals surface area contributed by atoms with Crippen molar-refractivity contribution >= 4 is 39.1 Å². The Kier molecular flexibility index (Phi) is 5.51. The summed E-state index contributed by atoms with van der Waals surface area (Å²) in [6, 6.07) is 6.53. The topological polar surface area (TPSA) is 61.2 Å². The number of hydrogen-bond donors (Lipinski definition) is 0. The number of fused-ring (bicyclic) bond motifs is 3. The van der Waals surface area contributed by atoms with Crippen molar-refractivity contribution in [1.82, 2.24) is 9.55 Å². The van der Waals surface area contributed by atoms with E-state index in [1.165, 1.54) is 15.8 Å². The Bertz CT molecular complexity index is 1090. The zero-order valence-electron chi connectivity index (χ0n) is 15.6. The van der Waals surface area contributed by atoms with Crippen LogP contribution in [-0.4, -0.2) is 15.5 Å².